The first kappa shape index (κ1) is 10.7. The minimum absolute atomic E-state index is 0.643. The zero-order valence-electron chi connectivity index (χ0n) is 7.89. The van der Waals surface area contributed by atoms with Crippen molar-refractivity contribution in [3.8, 4) is 0 Å². The van der Waals surface area contributed by atoms with Crippen molar-refractivity contribution in [2.75, 3.05) is 20.1 Å². The molecule has 14 heavy (non-hydrogen) atoms. The molecule has 1 aromatic heterocycles. The van der Waals surface area contributed by atoms with Crippen LogP contribution >= 0.6 is 34.5 Å². The van der Waals surface area contributed by atoms with Crippen LogP contribution in [0.3, 0.4) is 0 Å². The van der Waals surface area contributed by atoms with E-state index < -0.39 is 0 Å². The molecule has 1 saturated heterocycles. The van der Waals surface area contributed by atoms with Gasteiger partial charge in [0.1, 0.15) is 0 Å². The second kappa shape index (κ2) is 4.37. The molecule has 1 aromatic rings. The monoisotopic (exact) mass is 250 g/mol. The van der Waals surface area contributed by atoms with Crippen molar-refractivity contribution in [1.82, 2.24) is 10.2 Å². The summed E-state index contributed by atoms with van der Waals surface area (Å²) in [5, 5.41) is 3.25. The van der Waals surface area contributed by atoms with Gasteiger partial charge in [0.15, 0.2) is 0 Å². The van der Waals surface area contributed by atoms with Crippen LogP contribution in [0.1, 0.15) is 5.56 Å². The van der Waals surface area contributed by atoms with Crippen molar-refractivity contribution in [2.24, 2.45) is 0 Å². The lowest BCUT2D eigenvalue weighted by atomic mass is 10.1. The van der Waals surface area contributed by atoms with Crippen molar-refractivity contribution in [3.05, 3.63) is 20.3 Å². The molecule has 5 heteroatoms. The van der Waals surface area contributed by atoms with E-state index in [1.54, 1.807) is 0 Å². The summed E-state index contributed by atoms with van der Waals surface area (Å²) in [5.74, 6) is 0. The Kier molecular flexibility index (Phi) is 3.34. The molecule has 0 unspecified atom stereocenters. The first-order chi connectivity index (χ1) is 6.66. The number of rotatable bonds is 3. The van der Waals surface area contributed by atoms with E-state index in [-0.39, 0.29) is 0 Å². The molecule has 1 N–H and O–H groups in total. The van der Waals surface area contributed by atoms with Gasteiger partial charge in [-0.2, -0.15) is 0 Å². The molecule has 0 spiro atoms. The van der Waals surface area contributed by atoms with E-state index in [1.165, 1.54) is 11.3 Å². The summed E-state index contributed by atoms with van der Waals surface area (Å²) < 4.78 is 1.58. The quantitative estimate of drug-likeness (QED) is 0.887. The number of hydrogen-bond donors (Lipinski definition) is 1. The van der Waals surface area contributed by atoms with Gasteiger partial charge in [-0.25, -0.2) is 0 Å². The second-order valence-corrected chi connectivity index (χ2v) is 5.86. The third kappa shape index (κ3) is 2.23. The van der Waals surface area contributed by atoms with Crippen LogP contribution in [-0.4, -0.2) is 31.1 Å². The molecule has 2 heterocycles. The van der Waals surface area contributed by atoms with Gasteiger partial charge in [0.2, 0.25) is 0 Å². The highest BCUT2D eigenvalue weighted by atomic mass is 35.5. The van der Waals surface area contributed by atoms with Crippen molar-refractivity contribution < 1.29 is 0 Å². The van der Waals surface area contributed by atoms with Crippen LogP contribution in [0.25, 0.3) is 0 Å². The van der Waals surface area contributed by atoms with E-state index in [0.717, 1.165) is 33.9 Å². The normalized spacial score (nSPS) is 17.4. The van der Waals surface area contributed by atoms with Crippen LogP contribution in [0.15, 0.2) is 6.07 Å². The van der Waals surface area contributed by atoms with Crippen molar-refractivity contribution >= 4 is 34.5 Å². The van der Waals surface area contributed by atoms with Crippen LogP contribution < -0.4 is 5.32 Å². The number of hydrogen-bond acceptors (Lipinski definition) is 3. The van der Waals surface area contributed by atoms with Crippen LogP contribution in [0.5, 0.6) is 0 Å². The molecule has 2 rings (SSSR count). The average molecular weight is 251 g/mol. The minimum atomic E-state index is 0.643. The standard InChI is InChI=1S/C9H12Cl2N2S/c1-13(7-3-12-4-7)5-6-2-8(10)14-9(6)11/h2,7,12H,3-5H2,1H3. The van der Waals surface area contributed by atoms with E-state index >= 15 is 0 Å². The Morgan fingerprint density at radius 3 is 2.71 bits per heavy atom. The van der Waals surface area contributed by atoms with Gasteiger partial charge in [-0.1, -0.05) is 23.2 Å². The summed E-state index contributed by atoms with van der Waals surface area (Å²) in [5.41, 5.74) is 1.14. The van der Waals surface area contributed by atoms with Gasteiger partial charge < -0.3 is 5.32 Å². The summed E-state index contributed by atoms with van der Waals surface area (Å²) in [7, 11) is 2.12. The average Bonchev–Trinajstić information content (AvgIpc) is 2.26. The maximum atomic E-state index is 6.05. The first-order valence-corrected chi connectivity index (χ1v) is 6.08. The Labute approximate surface area is 97.8 Å². The molecule has 1 aliphatic rings. The number of thiophene rings is 1. The molecule has 0 aromatic carbocycles. The summed E-state index contributed by atoms with van der Waals surface area (Å²) in [4.78, 5) is 2.31. The van der Waals surface area contributed by atoms with Crippen LogP contribution in [0.4, 0.5) is 0 Å². The fraction of sp³-hybridized carbons (Fsp3) is 0.556. The van der Waals surface area contributed by atoms with Gasteiger partial charge in [0, 0.05) is 25.7 Å². The lowest BCUT2D eigenvalue weighted by Gasteiger charge is -2.35. The van der Waals surface area contributed by atoms with Gasteiger partial charge in [-0.3, -0.25) is 4.90 Å². The molecule has 2 nitrogen and oxygen atoms in total. The Morgan fingerprint density at radius 1 is 1.57 bits per heavy atom. The first-order valence-electron chi connectivity index (χ1n) is 4.51. The van der Waals surface area contributed by atoms with E-state index in [9.17, 15) is 0 Å². The molecule has 1 fully saturated rings. The Hall–Kier alpha value is 0.200. The fourth-order valence-corrected chi connectivity index (χ4v) is 2.94. The molecule has 0 amide bonds. The predicted octanol–water partition coefficient (Wildman–Crippen LogP) is 2.46. The molecule has 78 valence electrons. The number of nitrogens with zero attached hydrogens (tertiary/aromatic N) is 1. The van der Waals surface area contributed by atoms with Gasteiger partial charge >= 0.3 is 0 Å². The number of halogens is 2. The third-order valence-corrected chi connectivity index (χ3v) is 4.10. The minimum Gasteiger partial charge on any atom is -0.314 e. The highest BCUT2D eigenvalue weighted by Gasteiger charge is 2.22. The Balaban J connectivity index is 1.98. The van der Waals surface area contributed by atoms with E-state index in [1.807, 2.05) is 6.07 Å². The van der Waals surface area contributed by atoms with Crippen molar-refractivity contribution in [1.29, 1.82) is 0 Å². The lowest BCUT2D eigenvalue weighted by molar-refractivity contribution is 0.173. The smallest absolute Gasteiger partial charge is 0.0989 e. The van der Waals surface area contributed by atoms with Gasteiger partial charge in [0.25, 0.3) is 0 Å². The van der Waals surface area contributed by atoms with Crippen LogP contribution in [-0.2, 0) is 6.54 Å². The lowest BCUT2D eigenvalue weighted by Crippen LogP contribution is -2.55. The zero-order chi connectivity index (χ0) is 10.1. The number of nitrogens with one attached hydrogen (secondary N) is 1. The number of likely N-dealkylation sites (N-methyl/N-ethyl adjacent to an activating group) is 1. The summed E-state index contributed by atoms with van der Waals surface area (Å²) >= 11 is 13.4. The molecule has 0 bridgehead atoms. The largest absolute Gasteiger partial charge is 0.314 e. The molecule has 0 radical (unpaired) electrons. The SMILES string of the molecule is CN(Cc1cc(Cl)sc1Cl)C1CNC1. The van der Waals surface area contributed by atoms with Crippen LogP contribution in [0, 0.1) is 0 Å². The highest BCUT2D eigenvalue weighted by molar-refractivity contribution is 7.20. The van der Waals surface area contributed by atoms with Crippen LogP contribution in [0.2, 0.25) is 8.67 Å². The molecular weight excluding hydrogens is 239 g/mol. The predicted molar refractivity (Wildman–Crippen MR) is 62.5 cm³/mol. The highest BCUT2D eigenvalue weighted by Crippen LogP contribution is 2.32. The van der Waals surface area contributed by atoms with Gasteiger partial charge in [-0.05, 0) is 18.7 Å². The van der Waals surface area contributed by atoms with Gasteiger partial charge in [0.05, 0.1) is 8.67 Å². The molecular formula is C9H12Cl2N2S. The summed E-state index contributed by atoms with van der Waals surface area (Å²) in [6.45, 7) is 3.03. The third-order valence-electron chi connectivity index (χ3n) is 2.53. The van der Waals surface area contributed by atoms with E-state index in [4.69, 9.17) is 23.2 Å². The Bertz CT molecular complexity index is 323. The fourth-order valence-electron chi connectivity index (χ4n) is 1.47. The molecule has 0 aliphatic carbocycles. The maximum Gasteiger partial charge on any atom is 0.0989 e. The van der Waals surface area contributed by atoms with E-state index in [2.05, 4.69) is 17.3 Å². The molecule has 0 atom stereocenters. The van der Waals surface area contributed by atoms with E-state index in [0.29, 0.717) is 6.04 Å². The topological polar surface area (TPSA) is 15.3 Å². The maximum absolute atomic E-state index is 6.05. The molecule has 0 saturated carbocycles. The molecule has 1 aliphatic heterocycles. The van der Waals surface area contributed by atoms with Crippen molar-refractivity contribution in [3.63, 3.8) is 0 Å². The second-order valence-electron chi connectivity index (χ2n) is 3.58. The zero-order valence-corrected chi connectivity index (χ0v) is 10.2. The Morgan fingerprint density at radius 2 is 2.29 bits per heavy atom. The summed E-state index contributed by atoms with van der Waals surface area (Å²) in [6, 6.07) is 2.60. The van der Waals surface area contributed by atoms with Crippen molar-refractivity contribution in [2.45, 2.75) is 12.6 Å². The van der Waals surface area contributed by atoms with Gasteiger partial charge in [-0.15, -0.1) is 11.3 Å². The summed E-state index contributed by atoms with van der Waals surface area (Å²) in [6.07, 6.45) is 0.